The molecule has 0 unspecified atom stereocenters. The third-order valence-electron chi connectivity index (χ3n) is 4.00. The highest BCUT2D eigenvalue weighted by atomic mass is 32.1. The van der Waals surface area contributed by atoms with Crippen LogP contribution in [-0.4, -0.2) is 46.1 Å². The number of methoxy groups -OCH3 is 1. The van der Waals surface area contributed by atoms with Crippen LogP contribution in [0.4, 0.5) is 0 Å². The maximum atomic E-state index is 12.5. The van der Waals surface area contributed by atoms with Gasteiger partial charge in [0.2, 0.25) is 5.91 Å². The number of pyridine rings is 1. The summed E-state index contributed by atoms with van der Waals surface area (Å²) in [5, 5.41) is 0. The molecule has 0 saturated heterocycles. The Morgan fingerprint density at radius 2 is 2.12 bits per heavy atom. The second-order valence-corrected chi connectivity index (χ2v) is 7.15. The molecule has 132 valence electrons. The number of thiophene rings is 1. The Morgan fingerprint density at radius 3 is 2.80 bits per heavy atom. The van der Waals surface area contributed by atoms with E-state index in [9.17, 15) is 9.59 Å². The van der Waals surface area contributed by atoms with E-state index in [0.717, 1.165) is 15.3 Å². The molecule has 3 aromatic heterocycles. The van der Waals surface area contributed by atoms with Crippen LogP contribution in [0.1, 0.15) is 4.88 Å². The number of amides is 1. The molecule has 0 spiro atoms. The van der Waals surface area contributed by atoms with Gasteiger partial charge in [-0.2, -0.15) is 0 Å². The van der Waals surface area contributed by atoms with E-state index in [2.05, 4.69) is 4.98 Å². The van der Waals surface area contributed by atoms with Crippen molar-refractivity contribution in [3.63, 3.8) is 0 Å². The van der Waals surface area contributed by atoms with Crippen molar-refractivity contribution in [2.45, 2.75) is 13.2 Å². The van der Waals surface area contributed by atoms with Gasteiger partial charge in [-0.3, -0.25) is 13.9 Å². The average molecular weight is 360 g/mol. The number of nitrogens with zero attached hydrogens (tertiary/aromatic N) is 4. The van der Waals surface area contributed by atoms with Crippen molar-refractivity contribution in [1.82, 2.24) is 19.0 Å². The Hall–Kier alpha value is -2.45. The molecule has 7 nitrogen and oxygen atoms in total. The monoisotopic (exact) mass is 360 g/mol. The van der Waals surface area contributed by atoms with E-state index in [1.165, 1.54) is 14.0 Å². The predicted molar refractivity (Wildman–Crippen MR) is 97.7 cm³/mol. The summed E-state index contributed by atoms with van der Waals surface area (Å²) < 4.78 is 8.09. The van der Waals surface area contributed by atoms with Gasteiger partial charge in [0.25, 0.3) is 0 Å². The Bertz CT molecular complexity index is 984. The number of carbonyl (C=O) groups excluding carboxylic acids is 1. The highest BCUT2D eigenvalue weighted by molar-refractivity contribution is 7.15. The van der Waals surface area contributed by atoms with Crippen LogP contribution < -0.4 is 5.69 Å². The average Bonchev–Trinajstić information content (AvgIpc) is 3.14. The zero-order valence-corrected chi connectivity index (χ0v) is 15.5. The van der Waals surface area contributed by atoms with Crippen molar-refractivity contribution in [2.75, 3.05) is 21.2 Å². The van der Waals surface area contributed by atoms with Gasteiger partial charge in [-0.1, -0.05) is 0 Å². The molecule has 0 fully saturated rings. The standard InChI is InChI=1S/C17H20N4O3S/c1-19(2)15(22)9-21-13-7-11(8-18-16(13)20(3)17(21)23)14-6-5-12(25-14)10-24-4/h5-8H,9-10H2,1-4H3. The summed E-state index contributed by atoms with van der Waals surface area (Å²) in [4.78, 5) is 32.6. The largest absolute Gasteiger partial charge is 0.379 e. The van der Waals surface area contributed by atoms with Crippen LogP contribution in [0.3, 0.4) is 0 Å². The van der Waals surface area contributed by atoms with Crippen LogP contribution in [-0.2, 0) is 29.7 Å². The molecule has 8 heteroatoms. The minimum Gasteiger partial charge on any atom is -0.379 e. The third kappa shape index (κ3) is 3.22. The normalized spacial score (nSPS) is 11.2. The molecule has 3 aromatic rings. The SMILES string of the molecule is COCc1ccc(-c2cnc3c(c2)n(CC(=O)N(C)C)c(=O)n3C)s1. The second-order valence-electron chi connectivity index (χ2n) is 5.98. The van der Waals surface area contributed by atoms with Crippen molar-refractivity contribution >= 4 is 28.4 Å². The molecule has 0 aromatic carbocycles. The Morgan fingerprint density at radius 1 is 1.36 bits per heavy atom. The van der Waals surface area contributed by atoms with Crippen LogP contribution in [0.25, 0.3) is 21.6 Å². The molecule has 0 radical (unpaired) electrons. The summed E-state index contributed by atoms with van der Waals surface area (Å²) in [6, 6.07) is 5.94. The van der Waals surface area contributed by atoms with Crippen molar-refractivity contribution < 1.29 is 9.53 Å². The first-order valence-electron chi connectivity index (χ1n) is 7.75. The van der Waals surface area contributed by atoms with E-state index >= 15 is 0 Å². The number of carbonyl (C=O) groups is 1. The number of fused-ring (bicyclic) bond motifs is 1. The molecule has 0 aliphatic rings. The highest BCUT2D eigenvalue weighted by Crippen LogP contribution is 2.29. The van der Waals surface area contributed by atoms with E-state index in [1.807, 2.05) is 18.2 Å². The summed E-state index contributed by atoms with van der Waals surface area (Å²) in [5.74, 6) is -0.140. The number of rotatable bonds is 5. The zero-order chi connectivity index (χ0) is 18.1. The first kappa shape index (κ1) is 17.4. The lowest BCUT2D eigenvalue weighted by atomic mass is 10.2. The summed E-state index contributed by atoms with van der Waals surface area (Å²) in [6.45, 7) is 0.557. The van der Waals surface area contributed by atoms with Crippen LogP contribution in [0.15, 0.2) is 29.2 Å². The van der Waals surface area contributed by atoms with Gasteiger partial charge in [0, 0.05) is 49.8 Å². The summed E-state index contributed by atoms with van der Waals surface area (Å²) in [5.41, 5.74) is 1.88. The number of aryl methyl sites for hydroxylation is 1. The molecule has 0 aliphatic carbocycles. The van der Waals surface area contributed by atoms with Gasteiger partial charge < -0.3 is 9.64 Å². The second kappa shape index (κ2) is 6.81. The van der Waals surface area contributed by atoms with Gasteiger partial charge in [0.05, 0.1) is 12.1 Å². The first-order chi connectivity index (χ1) is 11.9. The minimum atomic E-state index is -0.249. The molecule has 3 rings (SSSR count). The lowest BCUT2D eigenvalue weighted by Gasteiger charge is -2.10. The van der Waals surface area contributed by atoms with Crippen LogP contribution in [0, 0.1) is 0 Å². The van der Waals surface area contributed by atoms with Gasteiger partial charge in [-0.05, 0) is 18.2 Å². The number of aromatic nitrogens is 3. The van der Waals surface area contributed by atoms with E-state index in [4.69, 9.17) is 4.74 Å². The number of ether oxygens (including phenoxy) is 1. The van der Waals surface area contributed by atoms with E-state index in [1.54, 1.807) is 45.8 Å². The molecule has 0 saturated carbocycles. The van der Waals surface area contributed by atoms with Gasteiger partial charge >= 0.3 is 5.69 Å². The number of imidazole rings is 1. The van der Waals surface area contributed by atoms with Gasteiger partial charge in [-0.25, -0.2) is 9.78 Å². The molecule has 3 heterocycles. The van der Waals surface area contributed by atoms with Gasteiger partial charge in [0.1, 0.15) is 6.54 Å². The zero-order valence-electron chi connectivity index (χ0n) is 14.6. The Balaban J connectivity index is 2.09. The maximum absolute atomic E-state index is 12.5. The minimum absolute atomic E-state index is 0.00628. The molecule has 0 atom stereocenters. The predicted octanol–water partition coefficient (Wildman–Crippen LogP) is 1.70. The smallest absolute Gasteiger partial charge is 0.330 e. The number of hydrogen-bond donors (Lipinski definition) is 0. The van der Waals surface area contributed by atoms with Crippen molar-refractivity contribution in [1.29, 1.82) is 0 Å². The van der Waals surface area contributed by atoms with Gasteiger partial charge in [-0.15, -0.1) is 11.3 Å². The fourth-order valence-electron chi connectivity index (χ4n) is 2.59. The van der Waals surface area contributed by atoms with Crippen molar-refractivity contribution in [3.8, 4) is 10.4 Å². The lowest BCUT2D eigenvalue weighted by Crippen LogP contribution is -2.31. The van der Waals surface area contributed by atoms with E-state index in [0.29, 0.717) is 17.8 Å². The van der Waals surface area contributed by atoms with E-state index < -0.39 is 0 Å². The fraction of sp³-hybridized carbons (Fsp3) is 0.353. The summed E-state index contributed by atoms with van der Waals surface area (Å²) in [6.07, 6.45) is 1.75. The highest BCUT2D eigenvalue weighted by Gasteiger charge is 2.17. The quantitative estimate of drug-likeness (QED) is 0.694. The third-order valence-corrected chi connectivity index (χ3v) is 5.11. The maximum Gasteiger partial charge on any atom is 0.330 e. The van der Waals surface area contributed by atoms with Crippen molar-refractivity contribution in [2.24, 2.45) is 7.05 Å². The van der Waals surface area contributed by atoms with Crippen molar-refractivity contribution in [3.05, 3.63) is 39.8 Å². The van der Waals surface area contributed by atoms with Crippen LogP contribution in [0.2, 0.25) is 0 Å². The topological polar surface area (TPSA) is 69.4 Å². The van der Waals surface area contributed by atoms with Gasteiger partial charge in [0.15, 0.2) is 5.65 Å². The lowest BCUT2D eigenvalue weighted by molar-refractivity contribution is -0.129. The van der Waals surface area contributed by atoms with E-state index in [-0.39, 0.29) is 18.1 Å². The molecular weight excluding hydrogens is 340 g/mol. The molecule has 0 bridgehead atoms. The van der Waals surface area contributed by atoms with Crippen LogP contribution >= 0.6 is 11.3 Å². The van der Waals surface area contributed by atoms with Crippen LogP contribution in [0.5, 0.6) is 0 Å². The molecular formula is C17H20N4O3S. The molecule has 1 amide bonds. The summed E-state index contributed by atoms with van der Waals surface area (Å²) >= 11 is 1.62. The number of likely N-dealkylation sites (N-methyl/N-ethyl adjacent to an activating group) is 1. The molecule has 25 heavy (non-hydrogen) atoms. The summed E-state index contributed by atoms with van der Waals surface area (Å²) in [7, 11) is 6.67. The Labute approximate surface area is 149 Å². The fourth-order valence-corrected chi connectivity index (χ4v) is 3.56. The molecule has 0 aliphatic heterocycles. The first-order valence-corrected chi connectivity index (χ1v) is 8.57. The number of hydrogen-bond acceptors (Lipinski definition) is 5. The molecule has 0 N–H and O–H groups in total. The Kier molecular flexibility index (Phi) is 4.73.